The smallest absolute Gasteiger partial charge is 0.219 e. The van der Waals surface area contributed by atoms with Crippen molar-refractivity contribution in [3.05, 3.63) is 0 Å². The molecule has 3 aliphatic rings. The van der Waals surface area contributed by atoms with Crippen molar-refractivity contribution in [2.45, 2.75) is 90.3 Å². The summed E-state index contributed by atoms with van der Waals surface area (Å²) in [6.07, 6.45) is 10.00. The zero-order chi connectivity index (χ0) is 19.3. The first-order valence-corrected chi connectivity index (χ1v) is 11.0. The van der Waals surface area contributed by atoms with Crippen LogP contribution in [0.25, 0.3) is 0 Å². The number of hydrogen-bond donors (Lipinski definition) is 2. The summed E-state index contributed by atoms with van der Waals surface area (Å²) in [5.74, 6) is 1.13. The lowest BCUT2D eigenvalue weighted by Gasteiger charge is -2.58. The van der Waals surface area contributed by atoms with Crippen LogP contribution >= 0.6 is 24.0 Å². The Balaban J connectivity index is 0.00000280. The van der Waals surface area contributed by atoms with Crippen molar-refractivity contribution in [2.24, 2.45) is 10.4 Å². The zero-order valence-electron chi connectivity index (χ0n) is 17.8. The first-order chi connectivity index (χ1) is 13.1. The molecule has 28 heavy (non-hydrogen) atoms. The molecule has 7 heteroatoms. The van der Waals surface area contributed by atoms with Crippen LogP contribution in [0.15, 0.2) is 4.99 Å². The van der Waals surface area contributed by atoms with E-state index < -0.39 is 0 Å². The molecule has 2 unspecified atom stereocenters. The van der Waals surface area contributed by atoms with Crippen LogP contribution in [0.5, 0.6) is 0 Å². The Morgan fingerprint density at radius 1 is 1.14 bits per heavy atom. The van der Waals surface area contributed by atoms with E-state index in [4.69, 9.17) is 9.73 Å². The molecule has 2 saturated carbocycles. The molecule has 3 rings (SSSR count). The summed E-state index contributed by atoms with van der Waals surface area (Å²) in [6.45, 7) is 9.11. The highest BCUT2D eigenvalue weighted by Crippen LogP contribution is 2.53. The molecule has 2 N–H and O–H groups in total. The first kappa shape index (κ1) is 23.7. The van der Waals surface area contributed by atoms with Crippen molar-refractivity contribution >= 4 is 35.8 Å². The van der Waals surface area contributed by atoms with Crippen molar-refractivity contribution in [3.8, 4) is 0 Å². The second-order valence-corrected chi connectivity index (χ2v) is 8.42. The topological polar surface area (TPSA) is 66.0 Å². The van der Waals surface area contributed by atoms with Gasteiger partial charge in [0, 0.05) is 50.7 Å². The predicted octanol–water partition coefficient (Wildman–Crippen LogP) is 3.30. The lowest BCUT2D eigenvalue weighted by atomic mass is 9.55. The Labute approximate surface area is 187 Å². The van der Waals surface area contributed by atoms with Gasteiger partial charge in [0.25, 0.3) is 0 Å². The van der Waals surface area contributed by atoms with Crippen LogP contribution in [0, 0.1) is 5.41 Å². The van der Waals surface area contributed by atoms with Gasteiger partial charge >= 0.3 is 0 Å². The molecule has 0 aromatic rings. The van der Waals surface area contributed by atoms with Gasteiger partial charge in [-0.25, -0.2) is 0 Å². The Hall–Kier alpha value is -0.570. The Kier molecular flexibility index (Phi) is 9.31. The van der Waals surface area contributed by atoms with Gasteiger partial charge in [-0.15, -0.1) is 24.0 Å². The summed E-state index contributed by atoms with van der Waals surface area (Å²) in [4.78, 5) is 18.2. The highest BCUT2D eigenvalue weighted by atomic mass is 127. The standard InChI is InChI=1S/C21H38N4O2.HI/c1-4-22-20(23-17-9-13-25(14-10-17)16(3)26)24-18-15-19(27-5-2)21(18)11-7-6-8-12-21;/h17-19H,4-15H2,1-3H3,(H2,22,23,24);1H. The average Bonchev–Trinajstić information content (AvgIpc) is 2.68. The number of likely N-dealkylation sites (tertiary alicyclic amines) is 1. The number of halogens is 1. The normalized spacial score (nSPS) is 27.7. The van der Waals surface area contributed by atoms with Gasteiger partial charge in [-0.3, -0.25) is 9.79 Å². The third-order valence-corrected chi connectivity index (χ3v) is 6.85. The van der Waals surface area contributed by atoms with Gasteiger partial charge in [0.05, 0.1) is 6.10 Å². The van der Waals surface area contributed by atoms with Crippen molar-refractivity contribution in [2.75, 3.05) is 26.2 Å². The minimum Gasteiger partial charge on any atom is -0.378 e. The molecule has 1 heterocycles. The molecule has 1 spiro atoms. The molecule has 6 nitrogen and oxygen atoms in total. The number of amides is 1. The molecule has 3 fully saturated rings. The minimum atomic E-state index is 0. The molecule has 0 radical (unpaired) electrons. The molecule has 0 aromatic heterocycles. The molecule has 162 valence electrons. The number of carbonyl (C=O) groups is 1. The Morgan fingerprint density at radius 2 is 1.82 bits per heavy atom. The maximum Gasteiger partial charge on any atom is 0.219 e. The van der Waals surface area contributed by atoms with Crippen molar-refractivity contribution in [3.63, 3.8) is 0 Å². The molecular weight excluding hydrogens is 467 g/mol. The number of carbonyl (C=O) groups excluding carboxylic acids is 1. The summed E-state index contributed by atoms with van der Waals surface area (Å²) < 4.78 is 6.09. The second kappa shape index (κ2) is 11.0. The minimum absolute atomic E-state index is 0. The molecule has 0 bridgehead atoms. The monoisotopic (exact) mass is 506 g/mol. The molecule has 2 aliphatic carbocycles. The highest BCUT2D eigenvalue weighted by molar-refractivity contribution is 14.0. The van der Waals surface area contributed by atoms with E-state index in [0.717, 1.165) is 51.5 Å². The lowest BCUT2D eigenvalue weighted by molar-refractivity contribution is -0.145. The van der Waals surface area contributed by atoms with E-state index in [2.05, 4.69) is 24.5 Å². The molecule has 2 atom stereocenters. The fourth-order valence-corrected chi connectivity index (χ4v) is 5.25. The number of nitrogens with zero attached hydrogens (tertiary/aromatic N) is 2. The molecule has 1 amide bonds. The van der Waals surface area contributed by atoms with Gasteiger partial charge < -0.3 is 20.3 Å². The maximum atomic E-state index is 11.5. The van der Waals surface area contributed by atoms with Gasteiger partial charge in [0.2, 0.25) is 5.91 Å². The number of piperidine rings is 1. The summed E-state index contributed by atoms with van der Waals surface area (Å²) in [6, 6.07) is 0.855. The lowest BCUT2D eigenvalue weighted by Crippen LogP contribution is -2.67. The summed E-state index contributed by atoms with van der Waals surface area (Å²) in [7, 11) is 0. The van der Waals surface area contributed by atoms with Gasteiger partial charge in [-0.2, -0.15) is 0 Å². The molecule has 1 aliphatic heterocycles. The van der Waals surface area contributed by atoms with Gasteiger partial charge in [-0.1, -0.05) is 19.3 Å². The number of rotatable bonds is 5. The fraction of sp³-hybridized carbons (Fsp3) is 0.905. The summed E-state index contributed by atoms with van der Waals surface area (Å²) in [5.41, 5.74) is 0.294. The van der Waals surface area contributed by atoms with Crippen molar-refractivity contribution in [1.82, 2.24) is 15.5 Å². The number of aliphatic imine (C=N–C) groups is 1. The van der Waals surface area contributed by atoms with Crippen molar-refractivity contribution < 1.29 is 9.53 Å². The maximum absolute atomic E-state index is 11.5. The van der Waals surface area contributed by atoms with Gasteiger partial charge in [0.1, 0.15) is 0 Å². The molecular formula is C21H39IN4O2. The van der Waals surface area contributed by atoms with E-state index in [-0.39, 0.29) is 29.9 Å². The number of ether oxygens (including phenoxy) is 1. The van der Waals surface area contributed by atoms with Crippen LogP contribution in [0.3, 0.4) is 0 Å². The zero-order valence-corrected chi connectivity index (χ0v) is 20.2. The molecule has 0 aromatic carbocycles. The van der Waals surface area contributed by atoms with E-state index in [1.54, 1.807) is 6.92 Å². The van der Waals surface area contributed by atoms with Crippen LogP contribution in [-0.2, 0) is 9.53 Å². The first-order valence-electron chi connectivity index (χ1n) is 11.0. The average molecular weight is 506 g/mol. The third kappa shape index (κ3) is 5.32. The second-order valence-electron chi connectivity index (χ2n) is 8.42. The van der Waals surface area contributed by atoms with E-state index >= 15 is 0 Å². The highest BCUT2D eigenvalue weighted by Gasteiger charge is 2.55. The van der Waals surface area contributed by atoms with Crippen LogP contribution in [0.4, 0.5) is 0 Å². The van der Waals surface area contributed by atoms with E-state index in [9.17, 15) is 4.79 Å². The number of nitrogens with one attached hydrogen (secondary N) is 2. The van der Waals surface area contributed by atoms with Gasteiger partial charge in [-0.05, 0) is 46.0 Å². The van der Waals surface area contributed by atoms with E-state index in [1.165, 1.54) is 32.1 Å². The summed E-state index contributed by atoms with van der Waals surface area (Å²) in [5, 5.41) is 7.41. The molecule has 1 saturated heterocycles. The van der Waals surface area contributed by atoms with E-state index in [0.29, 0.717) is 23.6 Å². The quantitative estimate of drug-likeness (QED) is 0.341. The predicted molar refractivity (Wildman–Crippen MR) is 124 cm³/mol. The van der Waals surface area contributed by atoms with Crippen LogP contribution < -0.4 is 10.6 Å². The van der Waals surface area contributed by atoms with Gasteiger partial charge in [0.15, 0.2) is 5.96 Å². The fourth-order valence-electron chi connectivity index (χ4n) is 5.25. The van der Waals surface area contributed by atoms with Crippen molar-refractivity contribution in [1.29, 1.82) is 0 Å². The van der Waals surface area contributed by atoms with E-state index in [1.807, 2.05) is 4.90 Å². The SMILES string of the molecule is CCN=C(NC1CCN(C(C)=O)CC1)NC1CC(OCC)C12CCCCC2.I. The number of guanidine groups is 1. The number of hydrogen-bond acceptors (Lipinski definition) is 3. The third-order valence-electron chi connectivity index (χ3n) is 6.85. The van der Waals surface area contributed by atoms with Crippen LogP contribution in [0.2, 0.25) is 0 Å². The van der Waals surface area contributed by atoms with Crippen LogP contribution in [0.1, 0.15) is 72.1 Å². The Morgan fingerprint density at radius 3 is 2.39 bits per heavy atom. The van der Waals surface area contributed by atoms with Crippen LogP contribution in [-0.4, -0.2) is 61.2 Å². The summed E-state index contributed by atoms with van der Waals surface area (Å²) >= 11 is 0. The largest absolute Gasteiger partial charge is 0.378 e. The Bertz CT molecular complexity index is 528.